The molecule has 3 aromatic rings. The second-order valence-corrected chi connectivity index (χ2v) is 7.09. The number of benzene rings is 2. The number of aromatic amines is 1. The number of nitrogens with zero attached hydrogens (tertiary/aromatic N) is 2. The van der Waals surface area contributed by atoms with Gasteiger partial charge in [-0.3, -0.25) is 14.6 Å². The first-order valence-corrected chi connectivity index (χ1v) is 9.31. The van der Waals surface area contributed by atoms with Gasteiger partial charge in [0.1, 0.15) is 0 Å². The van der Waals surface area contributed by atoms with Crippen molar-refractivity contribution in [1.82, 2.24) is 15.2 Å². The molecule has 0 aliphatic rings. The van der Waals surface area contributed by atoms with Crippen LogP contribution in [-0.4, -0.2) is 26.8 Å². The lowest BCUT2D eigenvalue weighted by Gasteiger charge is -2.08. The quantitative estimate of drug-likeness (QED) is 0.447. The normalized spacial score (nSPS) is 10.6. The summed E-state index contributed by atoms with van der Waals surface area (Å²) in [5.74, 6) is -0.163. The summed E-state index contributed by atoms with van der Waals surface area (Å²) in [6.45, 7) is 1.85. The van der Waals surface area contributed by atoms with E-state index in [1.165, 1.54) is 0 Å². The van der Waals surface area contributed by atoms with Gasteiger partial charge < -0.3 is 11.1 Å². The molecule has 0 saturated carbocycles. The van der Waals surface area contributed by atoms with E-state index in [-0.39, 0.29) is 22.5 Å². The van der Waals surface area contributed by atoms with E-state index in [1.54, 1.807) is 42.5 Å². The largest absolute Gasteiger partial charge is 0.398 e. The number of nitrogens with two attached hydrogens (primary N) is 1. The molecule has 0 atom stereocenters. The van der Waals surface area contributed by atoms with Gasteiger partial charge in [0.25, 0.3) is 5.56 Å². The van der Waals surface area contributed by atoms with E-state index in [0.29, 0.717) is 22.0 Å². The Labute approximate surface area is 164 Å². The van der Waals surface area contributed by atoms with E-state index < -0.39 is 5.56 Å². The molecule has 0 spiro atoms. The molecule has 1 aromatic heterocycles. The van der Waals surface area contributed by atoms with Crippen LogP contribution >= 0.6 is 23.4 Å². The van der Waals surface area contributed by atoms with Gasteiger partial charge in [0, 0.05) is 22.0 Å². The van der Waals surface area contributed by atoms with Crippen LogP contribution in [0.15, 0.2) is 52.4 Å². The highest BCUT2D eigenvalue weighted by Crippen LogP contribution is 2.22. The Bertz CT molecular complexity index is 1050. The number of amides is 1. The summed E-state index contributed by atoms with van der Waals surface area (Å²) >= 11 is 6.98. The molecule has 0 bridgehead atoms. The van der Waals surface area contributed by atoms with E-state index in [9.17, 15) is 9.59 Å². The number of aryl methyl sites for hydroxylation is 1. The molecule has 7 nitrogen and oxygen atoms in total. The molecule has 0 fully saturated rings. The molecule has 3 rings (SSSR count). The highest BCUT2D eigenvalue weighted by atomic mass is 35.5. The molecule has 0 aliphatic heterocycles. The van der Waals surface area contributed by atoms with Crippen molar-refractivity contribution in [1.29, 1.82) is 0 Å². The first-order chi connectivity index (χ1) is 12.9. The summed E-state index contributed by atoms with van der Waals surface area (Å²) in [5, 5.41) is 11.6. The van der Waals surface area contributed by atoms with Crippen LogP contribution in [0.1, 0.15) is 5.56 Å². The Morgan fingerprint density at radius 3 is 2.74 bits per heavy atom. The first-order valence-electron chi connectivity index (χ1n) is 7.94. The standard InChI is InChI=1S/C18H16ClN5O2S/c1-10-8-11(19)6-7-14(10)21-15(25)9-27-18-22-17(26)16(23-24-18)12-4-2-3-5-13(12)20/h2-8H,9,20H2,1H3,(H,21,25)(H,22,24,26). The summed E-state index contributed by atoms with van der Waals surface area (Å²) in [4.78, 5) is 27.0. The van der Waals surface area contributed by atoms with E-state index >= 15 is 0 Å². The number of halogens is 1. The maximum absolute atomic E-state index is 12.3. The molecule has 0 radical (unpaired) electrons. The fourth-order valence-electron chi connectivity index (χ4n) is 2.36. The predicted octanol–water partition coefficient (Wildman–Crippen LogP) is 3.11. The van der Waals surface area contributed by atoms with Gasteiger partial charge in [-0.25, -0.2) is 0 Å². The van der Waals surface area contributed by atoms with Crippen LogP contribution in [0.25, 0.3) is 11.3 Å². The van der Waals surface area contributed by atoms with Crippen molar-refractivity contribution in [3.05, 3.63) is 63.4 Å². The van der Waals surface area contributed by atoms with Crippen LogP contribution in [0.3, 0.4) is 0 Å². The van der Waals surface area contributed by atoms with E-state index in [2.05, 4.69) is 20.5 Å². The summed E-state index contributed by atoms with van der Waals surface area (Å²) in [7, 11) is 0. The number of rotatable bonds is 5. The van der Waals surface area contributed by atoms with Crippen molar-refractivity contribution < 1.29 is 4.79 Å². The number of carbonyl (C=O) groups excluding carboxylic acids is 1. The maximum Gasteiger partial charge on any atom is 0.278 e. The zero-order chi connectivity index (χ0) is 19.4. The van der Waals surface area contributed by atoms with Gasteiger partial charge in [0.15, 0.2) is 10.9 Å². The fraction of sp³-hybridized carbons (Fsp3) is 0.111. The Morgan fingerprint density at radius 1 is 1.26 bits per heavy atom. The van der Waals surface area contributed by atoms with Gasteiger partial charge in [0.05, 0.1) is 5.75 Å². The van der Waals surface area contributed by atoms with E-state index in [0.717, 1.165) is 17.3 Å². The summed E-state index contributed by atoms with van der Waals surface area (Å²) < 4.78 is 0. The third-order valence-corrected chi connectivity index (χ3v) is 4.79. The van der Waals surface area contributed by atoms with Crippen molar-refractivity contribution in [2.75, 3.05) is 16.8 Å². The molecule has 0 saturated heterocycles. The summed E-state index contributed by atoms with van der Waals surface area (Å²) in [6.07, 6.45) is 0. The number of nitrogen functional groups attached to an aromatic ring is 1. The highest BCUT2D eigenvalue weighted by molar-refractivity contribution is 7.99. The molecule has 9 heteroatoms. The Kier molecular flexibility index (Phi) is 5.78. The molecule has 0 aliphatic carbocycles. The second kappa shape index (κ2) is 8.24. The minimum absolute atomic E-state index is 0.0690. The number of nitrogens with one attached hydrogen (secondary N) is 2. The van der Waals surface area contributed by atoms with Crippen LogP contribution in [-0.2, 0) is 4.79 Å². The Hall–Kier alpha value is -2.84. The number of carbonyl (C=O) groups is 1. The van der Waals surface area contributed by atoms with Crippen LogP contribution in [0, 0.1) is 6.92 Å². The minimum atomic E-state index is -0.417. The van der Waals surface area contributed by atoms with Gasteiger partial charge >= 0.3 is 0 Å². The summed E-state index contributed by atoms with van der Waals surface area (Å²) in [6, 6.07) is 12.1. The van der Waals surface area contributed by atoms with Crippen molar-refractivity contribution in [2.45, 2.75) is 12.1 Å². The summed E-state index contributed by atoms with van der Waals surface area (Å²) in [5.41, 5.74) is 8.08. The molecule has 27 heavy (non-hydrogen) atoms. The van der Waals surface area contributed by atoms with Gasteiger partial charge in [-0.1, -0.05) is 41.6 Å². The smallest absolute Gasteiger partial charge is 0.278 e. The molecule has 1 heterocycles. The Morgan fingerprint density at radius 2 is 2.04 bits per heavy atom. The average molecular weight is 402 g/mol. The van der Waals surface area contributed by atoms with Gasteiger partial charge in [-0.05, 0) is 36.8 Å². The zero-order valence-electron chi connectivity index (χ0n) is 14.3. The maximum atomic E-state index is 12.3. The van der Waals surface area contributed by atoms with Gasteiger partial charge in [-0.2, -0.15) is 0 Å². The number of thioether (sulfide) groups is 1. The number of hydrogen-bond acceptors (Lipinski definition) is 6. The average Bonchev–Trinajstić information content (AvgIpc) is 2.63. The number of H-pyrrole nitrogens is 1. The first kappa shape index (κ1) is 18.9. The van der Waals surface area contributed by atoms with Crippen LogP contribution in [0.5, 0.6) is 0 Å². The molecular weight excluding hydrogens is 386 g/mol. The van der Waals surface area contributed by atoms with Crippen LogP contribution < -0.4 is 16.6 Å². The monoisotopic (exact) mass is 401 g/mol. The SMILES string of the molecule is Cc1cc(Cl)ccc1NC(=O)CSc1nnc(-c2ccccc2N)c(=O)[nH]1. The van der Waals surface area contributed by atoms with Crippen molar-refractivity contribution in [3.8, 4) is 11.3 Å². The lowest BCUT2D eigenvalue weighted by molar-refractivity contribution is -0.113. The Balaban J connectivity index is 1.66. The third kappa shape index (κ3) is 4.66. The topological polar surface area (TPSA) is 114 Å². The van der Waals surface area contributed by atoms with Crippen molar-refractivity contribution >= 4 is 40.6 Å². The van der Waals surface area contributed by atoms with Crippen molar-refractivity contribution in [3.63, 3.8) is 0 Å². The van der Waals surface area contributed by atoms with E-state index in [4.69, 9.17) is 17.3 Å². The van der Waals surface area contributed by atoms with Gasteiger partial charge in [0.2, 0.25) is 5.91 Å². The third-order valence-electron chi connectivity index (χ3n) is 3.69. The second-order valence-electron chi connectivity index (χ2n) is 5.69. The number of aromatic nitrogens is 3. The number of anilines is 2. The molecule has 0 unspecified atom stereocenters. The molecule has 138 valence electrons. The van der Waals surface area contributed by atoms with Crippen LogP contribution in [0.2, 0.25) is 5.02 Å². The lowest BCUT2D eigenvalue weighted by atomic mass is 10.1. The minimum Gasteiger partial charge on any atom is -0.398 e. The van der Waals surface area contributed by atoms with Gasteiger partial charge in [-0.15, -0.1) is 10.2 Å². The van der Waals surface area contributed by atoms with Crippen LogP contribution in [0.4, 0.5) is 11.4 Å². The number of hydrogen-bond donors (Lipinski definition) is 3. The van der Waals surface area contributed by atoms with E-state index in [1.807, 2.05) is 6.92 Å². The fourth-order valence-corrected chi connectivity index (χ4v) is 3.19. The lowest BCUT2D eigenvalue weighted by Crippen LogP contribution is -2.17. The molecule has 2 aromatic carbocycles. The molecular formula is C18H16ClN5O2S. The predicted molar refractivity (Wildman–Crippen MR) is 108 cm³/mol. The number of para-hydroxylation sites is 1. The zero-order valence-corrected chi connectivity index (χ0v) is 15.9. The highest BCUT2D eigenvalue weighted by Gasteiger charge is 2.12. The molecule has 4 N–H and O–H groups in total. The van der Waals surface area contributed by atoms with Crippen molar-refractivity contribution in [2.24, 2.45) is 0 Å². The molecule has 1 amide bonds.